The number of nitrogens with one attached hydrogen (secondary N) is 2. The van der Waals surface area contributed by atoms with Gasteiger partial charge in [0.2, 0.25) is 5.91 Å². The molecule has 2 saturated heterocycles. The molecule has 0 radical (unpaired) electrons. The molecule has 0 bridgehead atoms. The maximum absolute atomic E-state index is 12.1. The van der Waals surface area contributed by atoms with Gasteiger partial charge in [0.05, 0.1) is 19.3 Å². The summed E-state index contributed by atoms with van der Waals surface area (Å²) in [6.45, 7) is 6.21. The Hall–Kier alpha value is -1.43. The molecule has 5 heteroatoms. The zero-order valence-electron chi connectivity index (χ0n) is 13.7. The maximum atomic E-state index is 12.1. The molecule has 5 nitrogen and oxygen atoms in total. The van der Waals surface area contributed by atoms with Crippen molar-refractivity contribution in [3.63, 3.8) is 0 Å². The van der Waals surface area contributed by atoms with Crippen LogP contribution in [0, 0.1) is 0 Å². The van der Waals surface area contributed by atoms with Crippen LogP contribution < -0.4 is 10.6 Å². The molecule has 1 aromatic carbocycles. The van der Waals surface area contributed by atoms with Crippen molar-refractivity contribution in [2.75, 3.05) is 32.8 Å². The van der Waals surface area contributed by atoms with Gasteiger partial charge in [0, 0.05) is 26.2 Å². The Morgan fingerprint density at radius 3 is 2.61 bits per heavy atom. The van der Waals surface area contributed by atoms with Gasteiger partial charge in [0.25, 0.3) is 0 Å². The van der Waals surface area contributed by atoms with Crippen LogP contribution >= 0.6 is 0 Å². The first kappa shape index (κ1) is 16.4. The second-order valence-corrected chi connectivity index (χ2v) is 6.43. The standard InChI is InChI=1S/C18H27N3O2/c22-18(17-3-1-2-8-19-17)20-13-15-4-6-16(7-5-15)14-21-9-11-23-12-10-21/h4-7,17,19H,1-3,8-14H2,(H,20,22)/t17-/m1/s1. The topological polar surface area (TPSA) is 53.6 Å². The second kappa shape index (κ2) is 8.43. The van der Waals surface area contributed by atoms with Gasteiger partial charge in [-0.2, -0.15) is 0 Å². The van der Waals surface area contributed by atoms with E-state index in [1.54, 1.807) is 0 Å². The highest BCUT2D eigenvalue weighted by atomic mass is 16.5. The molecule has 1 atom stereocenters. The van der Waals surface area contributed by atoms with E-state index in [9.17, 15) is 4.79 Å². The highest BCUT2D eigenvalue weighted by Gasteiger charge is 2.19. The van der Waals surface area contributed by atoms with Crippen LogP contribution in [0.15, 0.2) is 24.3 Å². The third-order valence-corrected chi connectivity index (χ3v) is 4.63. The monoisotopic (exact) mass is 317 g/mol. The number of carbonyl (C=O) groups excluding carboxylic acids is 1. The third kappa shape index (κ3) is 5.03. The van der Waals surface area contributed by atoms with Crippen molar-refractivity contribution in [3.05, 3.63) is 35.4 Å². The first-order valence-electron chi connectivity index (χ1n) is 8.70. The molecule has 2 aliphatic heterocycles. The van der Waals surface area contributed by atoms with Crippen LogP contribution in [0.2, 0.25) is 0 Å². The van der Waals surface area contributed by atoms with Gasteiger partial charge in [0.1, 0.15) is 0 Å². The lowest BCUT2D eigenvalue weighted by Crippen LogP contribution is -2.46. The van der Waals surface area contributed by atoms with Crippen molar-refractivity contribution in [2.24, 2.45) is 0 Å². The second-order valence-electron chi connectivity index (χ2n) is 6.43. The molecule has 0 unspecified atom stereocenters. The number of hydrogen-bond acceptors (Lipinski definition) is 4. The molecule has 126 valence electrons. The predicted molar refractivity (Wildman–Crippen MR) is 90.0 cm³/mol. The van der Waals surface area contributed by atoms with Crippen molar-refractivity contribution in [3.8, 4) is 0 Å². The fraction of sp³-hybridized carbons (Fsp3) is 0.611. The van der Waals surface area contributed by atoms with Crippen LogP contribution in [-0.4, -0.2) is 49.7 Å². The molecule has 0 spiro atoms. The normalized spacial score (nSPS) is 22.7. The van der Waals surface area contributed by atoms with Gasteiger partial charge in [-0.1, -0.05) is 30.7 Å². The quantitative estimate of drug-likeness (QED) is 0.859. The highest BCUT2D eigenvalue weighted by molar-refractivity contribution is 5.81. The fourth-order valence-electron chi connectivity index (χ4n) is 3.17. The Bertz CT molecular complexity index is 491. The summed E-state index contributed by atoms with van der Waals surface area (Å²) in [4.78, 5) is 14.5. The SMILES string of the molecule is O=C(NCc1ccc(CN2CCOCC2)cc1)[C@H]1CCCCN1. The van der Waals surface area contributed by atoms with Crippen LogP contribution in [-0.2, 0) is 22.6 Å². The minimum Gasteiger partial charge on any atom is -0.379 e. The molecule has 23 heavy (non-hydrogen) atoms. The number of piperidine rings is 1. The van der Waals surface area contributed by atoms with E-state index in [1.807, 2.05) is 0 Å². The van der Waals surface area contributed by atoms with E-state index >= 15 is 0 Å². The van der Waals surface area contributed by atoms with Gasteiger partial charge in [-0.15, -0.1) is 0 Å². The Labute approximate surface area is 138 Å². The van der Waals surface area contributed by atoms with Gasteiger partial charge in [-0.05, 0) is 30.5 Å². The van der Waals surface area contributed by atoms with Crippen molar-refractivity contribution < 1.29 is 9.53 Å². The molecule has 2 aliphatic rings. The molecule has 2 heterocycles. The molecule has 2 N–H and O–H groups in total. The van der Waals surface area contributed by atoms with Crippen molar-refractivity contribution >= 4 is 5.91 Å². The Morgan fingerprint density at radius 1 is 1.17 bits per heavy atom. The molecular formula is C18H27N3O2. The van der Waals surface area contributed by atoms with E-state index in [0.717, 1.165) is 57.8 Å². The Kier molecular flexibility index (Phi) is 6.02. The number of benzene rings is 1. The van der Waals surface area contributed by atoms with Crippen LogP contribution in [0.1, 0.15) is 30.4 Å². The minimum absolute atomic E-state index is 0.00987. The largest absolute Gasteiger partial charge is 0.379 e. The Balaban J connectivity index is 1.44. The lowest BCUT2D eigenvalue weighted by Gasteiger charge is -2.26. The van der Waals surface area contributed by atoms with Crippen LogP contribution in [0.4, 0.5) is 0 Å². The van der Waals surface area contributed by atoms with Crippen molar-refractivity contribution in [1.82, 2.24) is 15.5 Å². The molecule has 0 aromatic heterocycles. The van der Waals surface area contributed by atoms with Crippen molar-refractivity contribution in [1.29, 1.82) is 0 Å². The minimum atomic E-state index is -0.00987. The fourth-order valence-corrected chi connectivity index (χ4v) is 3.17. The average Bonchev–Trinajstić information content (AvgIpc) is 2.62. The summed E-state index contributed by atoms with van der Waals surface area (Å²) in [5.41, 5.74) is 2.47. The van der Waals surface area contributed by atoms with Crippen molar-refractivity contribution in [2.45, 2.75) is 38.4 Å². The van der Waals surface area contributed by atoms with Gasteiger partial charge in [-0.3, -0.25) is 9.69 Å². The van der Waals surface area contributed by atoms with E-state index in [4.69, 9.17) is 4.74 Å². The number of amides is 1. The molecule has 1 amide bonds. The summed E-state index contributed by atoms with van der Waals surface area (Å²) < 4.78 is 5.37. The van der Waals surface area contributed by atoms with Gasteiger partial charge in [-0.25, -0.2) is 0 Å². The number of hydrogen-bond donors (Lipinski definition) is 2. The summed E-state index contributed by atoms with van der Waals surface area (Å²) in [5.74, 6) is 0.127. The lowest BCUT2D eigenvalue weighted by molar-refractivity contribution is -0.123. The summed E-state index contributed by atoms with van der Waals surface area (Å²) >= 11 is 0. The highest BCUT2D eigenvalue weighted by Crippen LogP contribution is 2.10. The third-order valence-electron chi connectivity index (χ3n) is 4.63. The summed E-state index contributed by atoms with van der Waals surface area (Å²) in [6.07, 6.45) is 3.26. The van der Waals surface area contributed by atoms with Crippen LogP contribution in [0.3, 0.4) is 0 Å². The average molecular weight is 317 g/mol. The molecule has 0 aliphatic carbocycles. The molecule has 1 aromatic rings. The van der Waals surface area contributed by atoms with E-state index in [-0.39, 0.29) is 11.9 Å². The predicted octanol–water partition coefficient (Wildman–Crippen LogP) is 1.28. The summed E-state index contributed by atoms with van der Waals surface area (Å²) in [7, 11) is 0. The number of ether oxygens (including phenoxy) is 1. The van der Waals surface area contributed by atoms with E-state index in [2.05, 4.69) is 39.8 Å². The van der Waals surface area contributed by atoms with Gasteiger partial charge in [0.15, 0.2) is 0 Å². The van der Waals surface area contributed by atoms with E-state index < -0.39 is 0 Å². The summed E-state index contributed by atoms with van der Waals surface area (Å²) in [5, 5.41) is 6.32. The number of nitrogens with zero attached hydrogens (tertiary/aromatic N) is 1. The zero-order valence-corrected chi connectivity index (χ0v) is 13.7. The molecule has 3 rings (SSSR count). The number of rotatable bonds is 5. The smallest absolute Gasteiger partial charge is 0.237 e. The van der Waals surface area contributed by atoms with Crippen LogP contribution in [0.25, 0.3) is 0 Å². The van der Waals surface area contributed by atoms with Gasteiger partial charge < -0.3 is 15.4 Å². The van der Waals surface area contributed by atoms with E-state index in [0.29, 0.717) is 6.54 Å². The number of carbonyl (C=O) groups is 1. The molecule has 0 saturated carbocycles. The zero-order chi connectivity index (χ0) is 15.9. The first-order chi connectivity index (χ1) is 11.3. The number of morpholine rings is 1. The first-order valence-corrected chi connectivity index (χ1v) is 8.70. The van der Waals surface area contributed by atoms with Gasteiger partial charge >= 0.3 is 0 Å². The molecular weight excluding hydrogens is 290 g/mol. The molecule has 2 fully saturated rings. The van der Waals surface area contributed by atoms with Crippen LogP contribution in [0.5, 0.6) is 0 Å². The Morgan fingerprint density at radius 2 is 1.91 bits per heavy atom. The lowest BCUT2D eigenvalue weighted by atomic mass is 10.0. The van der Waals surface area contributed by atoms with E-state index in [1.165, 1.54) is 12.0 Å². The summed E-state index contributed by atoms with van der Waals surface area (Å²) in [6, 6.07) is 8.55. The maximum Gasteiger partial charge on any atom is 0.237 e.